The van der Waals surface area contributed by atoms with Gasteiger partial charge in [-0.05, 0) is 37.3 Å². The second-order valence-electron chi connectivity index (χ2n) is 3.50. The Balaban J connectivity index is 2.95. The van der Waals surface area contributed by atoms with Gasteiger partial charge in [-0.1, -0.05) is 6.07 Å². The molecule has 0 radical (unpaired) electrons. The molecular weight excluding hydrogens is 184 g/mol. The van der Waals surface area contributed by atoms with Gasteiger partial charge in [0.25, 0.3) is 0 Å². The Bertz CT molecular complexity index is 318. The van der Waals surface area contributed by atoms with Crippen LogP contribution in [-0.2, 0) is 6.54 Å². The second kappa shape index (κ2) is 4.55. The third kappa shape index (κ3) is 3.10. The Kier molecular flexibility index (Phi) is 3.63. The monoisotopic (exact) mass is 197 g/mol. The van der Waals surface area contributed by atoms with E-state index in [-0.39, 0.29) is 5.46 Å². The van der Waals surface area contributed by atoms with Crippen molar-refractivity contribution >= 4 is 12.6 Å². The van der Waals surface area contributed by atoms with E-state index in [9.17, 15) is 4.39 Å². The van der Waals surface area contributed by atoms with E-state index in [4.69, 9.17) is 10.0 Å². The molecule has 0 aromatic heterocycles. The largest absolute Gasteiger partial charge is 0.488 e. The SMILES string of the molecule is CN(C)Cc1cc(F)cc(B(O)O)c1. The van der Waals surface area contributed by atoms with Gasteiger partial charge >= 0.3 is 7.12 Å². The first-order chi connectivity index (χ1) is 6.49. The molecule has 0 atom stereocenters. The fourth-order valence-corrected chi connectivity index (χ4v) is 1.28. The van der Waals surface area contributed by atoms with Crippen LogP contribution in [0, 0.1) is 5.82 Å². The molecule has 0 unspecified atom stereocenters. The molecule has 1 rings (SSSR count). The minimum Gasteiger partial charge on any atom is -0.423 e. The smallest absolute Gasteiger partial charge is 0.423 e. The van der Waals surface area contributed by atoms with E-state index >= 15 is 0 Å². The molecule has 0 amide bonds. The van der Waals surface area contributed by atoms with E-state index in [2.05, 4.69) is 0 Å². The van der Waals surface area contributed by atoms with Gasteiger partial charge in [-0.25, -0.2) is 4.39 Å². The highest BCUT2D eigenvalue weighted by atomic mass is 19.1. The third-order valence-corrected chi connectivity index (χ3v) is 1.78. The van der Waals surface area contributed by atoms with Gasteiger partial charge in [0, 0.05) is 6.54 Å². The summed E-state index contributed by atoms with van der Waals surface area (Å²) in [6, 6.07) is 4.07. The van der Waals surface area contributed by atoms with Crippen molar-refractivity contribution in [1.29, 1.82) is 0 Å². The minimum absolute atomic E-state index is 0.182. The minimum atomic E-state index is -1.62. The molecule has 3 nitrogen and oxygen atoms in total. The van der Waals surface area contributed by atoms with Crippen molar-refractivity contribution < 1.29 is 14.4 Å². The quantitative estimate of drug-likeness (QED) is 0.646. The molecule has 0 spiro atoms. The van der Waals surface area contributed by atoms with Crippen LogP contribution < -0.4 is 5.46 Å². The molecule has 5 heteroatoms. The summed E-state index contributed by atoms with van der Waals surface area (Å²) in [6.45, 7) is 0.567. The third-order valence-electron chi connectivity index (χ3n) is 1.78. The second-order valence-corrected chi connectivity index (χ2v) is 3.50. The van der Waals surface area contributed by atoms with Crippen LogP contribution in [0.1, 0.15) is 5.56 Å². The summed E-state index contributed by atoms with van der Waals surface area (Å²) in [5.74, 6) is -0.451. The summed E-state index contributed by atoms with van der Waals surface area (Å²) in [7, 11) is 2.10. The molecule has 0 saturated carbocycles. The molecule has 0 bridgehead atoms. The van der Waals surface area contributed by atoms with Crippen molar-refractivity contribution in [1.82, 2.24) is 4.90 Å². The van der Waals surface area contributed by atoms with E-state index in [1.165, 1.54) is 6.07 Å². The number of halogens is 1. The van der Waals surface area contributed by atoms with Crippen LogP contribution in [-0.4, -0.2) is 36.2 Å². The van der Waals surface area contributed by atoms with Crippen molar-refractivity contribution in [2.75, 3.05) is 14.1 Å². The molecule has 0 aliphatic rings. The first-order valence-corrected chi connectivity index (χ1v) is 4.29. The van der Waals surface area contributed by atoms with Crippen LogP contribution in [0.25, 0.3) is 0 Å². The molecule has 0 heterocycles. The first kappa shape index (κ1) is 11.2. The van der Waals surface area contributed by atoms with Crippen molar-refractivity contribution in [3.63, 3.8) is 0 Å². The molecule has 0 aliphatic carbocycles. The molecule has 2 N–H and O–H groups in total. The van der Waals surface area contributed by atoms with E-state index < -0.39 is 12.9 Å². The Morgan fingerprint density at radius 1 is 1.29 bits per heavy atom. The zero-order valence-corrected chi connectivity index (χ0v) is 8.24. The maximum atomic E-state index is 13.0. The highest BCUT2D eigenvalue weighted by Crippen LogP contribution is 2.04. The van der Waals surface area contributed by atoms with Gasteiger partial charge in [-0.15, -0.1) is 0 Å². The normalized spacial score (nSPS) is 10.7. The Hall–Kier alpha value is -0.905. The maximum absolute atomic E-state index is 13.0. The molecule has 76 valence electrons. The van der Waals surface area contributed by atoms with Crippen molar-refractivity contribution in [2.45, 2.75) is 6.54 Å². The average Bonchev–Trinajstić information content (AvgIpc) is 2.01. The lowest BCUT2D eigenvalue weighted by Gasteiger charge is -2.11. The predicted molar refractivity (Wildman–Crippen MR) is 53.6 cm³/mol. The summed E-state index contributed by atoms with van der Waals surface area (Å²) in [6.07, 6.45) is 0. The zero-order valence-electron chi connectivity index (χ0n) is 8.24. The lowest BCUT2D eigenvalue weighted by Crippen LogP contribution is -2.30. The van der Waals surface area contributed by atoms with E-state index in [0.29, 0.717) is 6.54 Å². The molecule has 14 heavy (non-hydrogen) atoms. The van der Waals surface area contributed by atoms with E-state index in [1.807, 2.05) is 19.0 Å². The summed E-state index contributed by atoms with van der Waals surface area (Å²) < 4.78 is 13.0. The standard InChI is InChI=1S/C9H13BFNO2/c1-12(2)6-7-3-8(10(13)14)5-9(11)4-7/h3-5,13-14H,6H2,1-2H3. The number of benzene rings is 1. The molecule has 0 saturated heterocycles. The van der Waals surface area contributed by atoms with Crippen molar-refractivity contribution in [2.24, 2.45) is 0 Å². The Morgan fingerprint density at radius 3 is 2.43 bits per heavy atom. The predicted octanol–water partition coefficient (Wildman–Crippen LogP) is -0.433. The van der Waals surface area contributed by atoms with Gasteiger partial charge in [0.05, 0.1) is 0 Å². The Morgan fingerprint density at radius 2 is 1.93 bits per heavy atom. The number of hydrogen-bond acceptors (Lipinski definition) is 3. The van der Waals surface area contributed by atoms with Crippen LogP contribution in [0.4, 0.5) is 4.39 Å². The summed E-state index contributed by atoms with van der Waals surface area (Å²) >= 11 is 0. The van der Waals surface area contributed by atoms with E-state index in [1.54, 1.807) is 6.07 Å². The summed E-state index contributed by atoms with van der Waals surface area (Å²) in [4.78, 5) is 1.88. The topological polar surface area (TPSA) is 43.7 Å². The van der Waals surface area contributed by atoms with Gasteiger partial charge in [-0.3, -0.25) is 0 Å². The molecule has 0 aliphatic heterocycles. The number of nitrogens with zero attached hydrogens (tertiary/aromatic N) is 1. The summed E-state index contributed by atoms with van der Waals surface area (Å²) in [5.41, 5.74) is 0.903. The Labute approximate surface area is 82.9 Å². The van der Waals surface area contributed by atoms with Gasteiger partial charge in [0.15, 0.2) is 0 Å². The zero-order chi connectivity index (χ0) is 10.7. The van der Waals surface area contributed by atoms with Crippen LogP contribution in [0.15, 0.2) is 18.2 Å². The maximum Gasteiger partial charge on any atom is 0.488 e. The highest BCUT2D eigenvalue weighted by Gasteiger charge is 2.13. The molecule has 0 fully saturated rings. The number of rotatable bonds is 3. The fourth-order valence-electron chi connectivity index (χ4n) is 1.28. The van der Waals surface area contributed by atoms with Gasteiger partial charge in [0.1, 0.15) is 5.82 Å². The molecular formula is C9H13BFNO2. The van der Waals surface area contributed by atoms with Gasteiger partial charge < -0.3 is 14.9 Å². The lowest BCUT2D eigenvalue weighted by molar-refractivity contribution is 0.401. The van der Waals surface area contributed by atoms with Gasteiger partial charge in [-0.2, -0.15) is 0 Å². The van der Waals surface area contributed by atoms with Crippen LogP contribution in [0.5, 0.6) is 0 Å². The van der Waals surface area contributed by atoms with Crippen LogP contribution in [0.2, 0.25) is 0 Å². The van der Waals surface area contributed by atoms with Crippen molar-refractivity contribution in [3.8, 4) is 0 Å². The van der Waals surface area contributed by atoms with Crippen LogP contribution >= 0.6 is 0 Å². The molecule has 1 aromatic rings. The number of hydrogen-bond donors (Lipinski definition) is 2. The lowest BCUT2D eigenvalue weighted by atomic mass is 9.79. The van der Waals surface area contributed by atoms with Gasteiger partial charge in [0.2, 0.25) is 0 Å². The van der Waals surface area contributed by atoms with Crippen molar-refractivity contribution in [3.05, 3.63) is 29.6 Å². The first-order valence-electron chi connectivity index (χ1n) is 4.29. The van der Waals surface area contributed by atoms with Crippen LogP contribution in [0.3, 0.4) is 0 Å². The molecule has 1 aromatic carbocycles. The fraction of sp³-hybridized carbons (Fsp3) is 0.333. The van der Waals surface area contributed by atoms with E-state index in [0.717, 1.165) is 11.6 Å². The highest BCUT2D eigenvalue weighted by molar-refractivity contribution is 6.58. The average molecular weight is 197 g/mol. The summed E-state index contributed by atoms with van der Waals surface area (Å²) in [5, 5.41) is 17.8.